The summed E-state index contributed by atoms with van der Waals surface area (Å²) in [6.45, 7) is 1.37. The molecular weight excluding hydrogens is 282 g/mol. The average molecular weight is 289 g/mol. The standard InChI is InChI=1S/C11H7F4N3O2/c1-5-16-9(10(19)20)17-18(5)6-2-3-8(12)7(4-6)11(13,14)15/h2-4H,1H3,(H,19,20). The number of hydrogen-bond acceptors (Lipinski definition) is 3. The highest BCUT2D eigenvalue weighted by Gasteiger charge is 2.34. The Morgan fingerprint density at radius 2 is 2.00 bits per heavy atom. The van der Waals surface area contributed by atoms with Crippen molar-refractivity contribution in [3.63, 3.8) is 0 Å². The summed E-state index contributed by atoms with van der Waals surface area (Å²) in [4.78, 5) is 14.3. The monoisotopic (exact) mass is 289 g/mol. The van der Waals surface area contributed by atoms with Crippen LogP contribution < -0.4 is 0 Å². The van der Waals surface area contributed by atoms with Crippen LogP contribution in [0.1, 0.15) is 22.0 Å². The van der Waals surface area contributed by atoms with E-state index in [-0.39, 0.29) is 11.5 Å². The number of aryl methyl sites for hydroxylation is 1. The van der Waals surface area contributed by atoms with Gasteiger partial charge in [-0.1, -0.05) is 0 Å². The summed E-state index contributed by atoms with van der Waals surface area (Å²) in [7, 11) is 0. The smallest absolute Gasteiger partial charge is 0.419 e. The molecule has 0 aliphatic carbocycles. The van der Waals surface area contributed by atoms with E-state index in [1.165, 1.54) is 6.92 Å². The maximum absolute atomic E-state index is 13.2. The van der Waals surface area contributed by atoms with Gasteiger partial charge in [0.05, 0.1) is 11.3 Å². The predicted molar refractivity (Wildman–Crippen MR) is 58.0 cm³/mol. The summed E-state index contributed by atoms with van der Waals surface area (Å²) < 4.78 is 51.9. The second kappa shape index (κ2) is 4.58. The van der Waals surface area contributed by atoms with E-state index in [2.05, 4.69) is 10.1 Å². The van der Waals surface area contributed by atoms with Crippen LogP contribution in [0.2, 0.25) is 0 Å². The third-order valence-electron chi connectivity index (χ3n) is 2.46. The first-order chi connectivity index (χ1) is 9.20. The molecule has 0 bridgehead atoms. The molecular formula is C11H7F4N3O2. The van der Waals surface area contributed by atoms with Crippen molar-refractivity contribution < 1.29 is 27.5 Å². The van der Waals surface area contributed by atoms with E-state index in [1.807, 2.05) is 0 Å². The van der Waals surface area contributed by atoms with E-state index in [0.29, 0.717) is 12.1 Å². The summed E-state index contributed by atoms with van der Waals surface area (Å²) in [5.41, 5.74) is -1.59. The van der Waals surface area contributed by atoms with Crippen molar-refractivity contribution in [1.82, 2.24) is 14.8 Å². The Kier molecular flexibility index (Phi) is 3.20. The van der Waals surface area contributed by atoms with Crippen LogP contribution in [0.3, 0.4) is 0 Å². The molecule has 1 aromatic heterocycles. The summed E-state index contributed by atoms with van der Waals surface area (Å²) >= 11 is 0. The molecule has 9 heteroatoms. The van der Waals surface area contributed by atoms with Crippen LogP contribution in [0.15, 0.2) is 18.2 Å². The Balaban J connectivity index is 2.57. The quantitative estimate of drug-likeness (QED) is 0.862. The second-order valence-corrected chi connectivity index (χ2v) is 3.86. The molecule has 20 heavy (non-hydrogen) atoms. The Bertz CT molecular complexity index is 679. The lowest BCUT2D eigenvalue weighted by atomic mass is 10.2. The van der Waals surface area contributed by atoms with Gasteiger partial charge in [-0.25, -0.2) is 18.9 Å². The van der Waals surface area contributed by atoms with E-state index < -0.39 is 29.4 Å². The van der Waals surface area contributed by atoms with Gasteiger partial charge >= 0.3 is 12.1 Å². The van der Waals surface area contributed by atoms with Crippen LogP contribution >= 0.6 is 0 Å². The summed E-state index contributed by atoms with van der Waals surface area (Å²) in [6, 6.07) is 2.24. The molecule has 0 radical (unpaired) electrons. The summed E-state index contributed by atoms with van der Waals surface area (Å²) in [5, 5.41) is 12.3. The van der Waals surface area contributed by atoms with Gasteiger partial charge in [-0.2, -0.15) is 13.2 Å². The number of rotatable bonds is 2. The highest BCUT2D eigenvalue weighted by Crippen LogP contribution is 2.32. The Morgan fingerprint density at radius 1 is 1.35 bits per heavy atom. The van der Waals surface area contributed by atoms with Gasteiger partial charge in [0.25, 0.3) is 5.82 Å². The number of carboxylic acids is 1. The molecule has 2 aromatic rings. The number of carboxylic acid groups (broad SMARTS) is 1. The van der Waals surface area contributed by atoms with Crippen molar-refractivity contribution in [2.45, 2.75) is 13.1 Å². The Hall–Kier alpha value is -2.45. The van der Waals surface area contributed by atoms with E-state index in [1.54, 1.807) is 0 Å². The fourth-order valence-corrected chi connectivity index (χ4v) is 1.59. The van der Waals surface area contributed by atoms with E-state index >= 15 is 0 Å². The van der Waals surface area contributed by atoms with Gasteiger partial charge in [-0.05, 0) is 25.1 Å². The van der Waals surface area contributed by atoms with E-state index in [0.717, 1.165) is 10.7 Å². The molecule has 1 N–H and O–H groups in total. The van der Waals surface area contributed by atoms with Gasteiger partial charge < -0.3 is 5.11 Å². The van der Waals surface area contributed by atoms with Crippen molar-refractivity contribution >= 4 is 5.97 Å². The molecule has 106 valence electrons. The van der Waals surface area contributed by atoms with Crippen molar-refractivity contribution in [3.8, 4) is 5.69 Å². The minimum absolute atomic E-state index is 0.0714. The topological polar surface area (TPSA) is 68.0 Å². The van der Waals surface area contributed by atoms with Crippen molar-refractivity contribution in [2.75, 3.05) is 0 Å². The molecule has 1 aromatic carbocycles. The van der Waals surface area contributed by atoms with Crippen LogP contribution in [0.4, 0.5) is 17.6 Å². The van der Waals surface area contributed by atoms with Crippen LogP contribution in [-0.2, 0) is 6.18 Å². The first-order valence-electron chi connectivity index (χ1n) is 5.24. The summed E-state index contributed by atoms with van der Waals surface area (Å²) in [5.74, 6) is -3.31. The maximum Gasteiger partial charge on any atom is 0.419 e. The number of hydrogen-bond donors (Lipinski definition) is 1. The number of aromatic carboxylic acids is 1. The van der Waals surface area contributed by atoms with Crippen molar-refractivity contribution in [1.29, 1.82) is 0 Å². The fraction of sp³-hybridized carbons (Fsp3) is 0.182. The van der Waals surface area contributed by atoms with Gasteiger partial charge in [0.1, 0.15) is 11.6 Å². The van der Waals surface area contributed by atoms with Crippen molar-refractivity contribution in [2.24, 2.45) is 0 Å². The van der Waals surface area contributed by atoms with Crippen molar-refractivity contribution in [3.05, 3.63) is 41.2 Å². The van der Waals surface area contributed by atoms with Gasteiger partial charge in [0, 0.05) is 0 Å². The number of carbonyl (C=O) groups is 1. The fourth-order valence-electron chi connectivity index (χ4n) is 1.59. The van der Waals surface area contributed by atoms with Gasteiger partial charge in [-0.3, -0.25) is 0 Å². The number of aromatic nitrogens is 3. The highest BCUT2D eigenvalue weighted by atomic mass is 19.4. The predicted octanol–water partition coefficient (Wildman–Crippen LogP) is 2.43. The number of nitrogens with zero attached hydrogens (tertiary/aromatic N) is 3. The zero-order chi connectivity index (χ0) is 15.1. The van der Waals surface area contributed by atoms with Gasteiger partial charge in [-0.15, -0.1) is 5.10 Å². The normalized spacial score (nSPS) is 11.7. The highest BCUT2D eigenvalue weighted by molar-refractivity contribution is 5.83. The largest absolute Gasteiger partial charge is 0.475 e. The van der Waals surface area contributed by atoms with E-state index in [9.17, 15) is 22.4 Å². The molecule has 0 fully saturated rings. The second-order valence-electron chi connectivity index (χ2n) is 3.86. The molecule has 0 aliphatic rings. The van der Waals surface area contributed by atoms with Crippen LogP contribution in [0.25, 0.3) is 5.69 Å². The Morgan fingerprint density at radius 3 is 2.50 bits per heavy atom. The van der Waals surface area contributed by atoms with E-state index in [4.69, 9.17) is 5.11 Å². The van der Waals surface area contributed by atoms with Crippen LogP contribution in [0.5, 0.6) is 0 Å². The van der Waals surface area contributed by atoms with Crippen LogP contribution in [0, 0.1) is 12.7 Å². The number of halogens is 4. The van der Waals surface area contributed by atoms with Gasteiger partial charge in [0.2, 0.25) is 0 Å². The Labute approximate surface area is 109 Å². The lowest BCUT2D eigenvalue weighted by molar-refractivity contribution is -0.140. The SMILES string of the molecule is Cc1nc(C(=O)O)nn1-c1ccc(F)c(C(F)(F)F)c1. The van der Waals surface area contributed by atoms with Gasteiger partial charge in [0.15, 0.2) is 0 Å². The number of alkyl halides is 3. The lowest BCUT2D eigenvalue weighted by Gasteiger charge is -2.10. The molecule has 0 saturated heterocycles. The first-order valence-corrected chi connectivity index (χ1v) is 5.24. The molecule has 1 heterocycles. The minimum Gasteiger partial charge on any atom is -0.475 e. The molecule has 0 atom stereocenters. The third-order valence-corrected chi connectivity index (χ3v) is 2.46. The molecule has 5 nitrogen and oxygen atoms in total. The molecule has 2 rings (SSSR count). The number of benzene rings is 1. The van der Waals surface area contributed by atoms with Crippen LogP contribution in [-0.4, -0.2) is 25.8 Å². The first kappa shape index (κ1) is 14.0. The molecule has 0 saturated carbocycles. The maximum atomic E-state index is 13.2. The third kappa shape index (κ3) is 2.46. The summed E-state index contributed by atoms with van der Waals surface area (Å²) in [6.07, 6.45) is -4.86. The average Bonchev–Trinajstić information content (AvgIpc) is 2.71. The lowest BCUT2D eigenvalue weighted by Crippen LogP contribution is -2.10. The molecule has 0 spiro atoms. The molecule has 0 unspecified atom stereocenters. The molecule has 0 amide bonds. The zero-order valence-electron chi connectivity index (χ0n) is 9.94. The zero-order valence-corrected chi connectivity index (χ0v) is 9.94. The molecule has 0 aliphatic heterocycles. The minimum atomic E-state index is -4.86.